The van der Waals surface area contributed by atoms with Crippen LogP contribution in [0.5, 0.6) is 5.75 Å². The SMILES string of the molecule is COc1cccc(C2CCN(C(=O)CNC(=O)Cc3cccc(F)c3)CC2)c1. The third kappa shape index (κ3) is 5.31. The van der Waals surface area contributed by atoms with Crippen molar-refractivity contribution in [1.29, 1.82) is 0 Å². The first-order valence-corrected chi connectivity index (χ1v) is 9.48. The van der Waals surface area contributed by atoms with E-state index in [9.17, 15) is 14.0 Å². The highest BCUT2D eigenvalue weighted by Crippen LogP contribution is 2.30. The smallest absolute Gasteiger partial charge is 0.241 e. The minimum atomic E-state index is -0.375. The number of carbonyl (C=O) groups is 2. The predicted octanol–water partition coefficient (Wildman–Crippen LogP) is 2.90. The number of likely N-dealkylation sites (tertiary alicyclic amines) is 1. The fourth-order valence-electron chi connectivity index (χ4n) is 3.54. The predicted molar refractivity (Wildman–Crippen MR) is 105 cm³/mol. The van der Waals surface area contributed by atoms with Gasteiger partial charge in [0.2, 0.25) is 11.8 Å². The molecule has 5 nitrogen and oxygen atoms in total. The van der Waals surface area contributed by atoms with E-state index in [1.54, 1.807) is 24.1 Å². The van der Waals surface area contributed by atoms with Crippen molar-refractivity contribution in [2.24, 2.45) is 0 Å². The van der Waals surface area contributed by atoms with Crippen LogP contribution >= 0.6 is 0 Å². The van der Waals surface area contributed by atoms with Crippen LogP contribution in [0.1, 0.15) is 29.9 Å². The van der Waals surface area contributed by atoms with Crippen molar-refractivity contribution in [2.45, 2.75) is 25.2 Å². The average Bonchev–Trinajstić information content (AvgIpc) is 2.72. The lowest BCUT2D eigenvalue weighted by atomic mass is 9.89. The second kappa shape index (κ2) is 9.35. The van der Waals surface area contributed by atoms with Crippen LogP contribution in [0.25, 0.3) is 0 Å². The molecule has 0 spiro atoms. The maximum atomic E-state index is 13.2. The minimum absolute atomic E-state index is 0.0298. The maximum Gasteiger partial charge on any atom is 0.241 e. The zero-order valence-electron chi connectivity index (χ0n) is 16.0. The monoisotopic (exact) mass is 384 g/mol. The van der Waals surface area contributed by atoms with Gasteiger partial charge in [-0.05, 0) is 54.2 Å². The summed E-state index contributed by atoms with van der Waals surface area (Å²) in [4.78, 5) is 26.2. The van der Waals surface area contributed by atoms with E-state index in [4.69, 9.17) is 4.74 Å². The van der Waals surface area contributed by atoms with E-state index in [0.29, 0.717) is 24.6 Å². The van der Waals surface area contributed by atoms with Gasteiger partial charge in [-0.15, -0.1) is 0 Å². The number of halogens is 1. The van der Waals surface area contributed by atoms with Crippen molar-refractivity contribution in [3.63, 3.8) is 0 Å². The number of methoxy groups -OCH3 is 1. The Kier molecular flexibility index (Phi) is 6.63. The van der Waals surface area contributed by atoms with Crippen LogP contribution in [0, 0.1) is 5.82 Å². The van der Waals surface area contributed by atoms with E-state index in [-0.39, 0.29) is 30.6 Å². The first kappa shape index (κ1) is 19.9. The highest BCUT2D eigenvalue weighted by molar-refractivity contribution is 5.85. The van der Waals surface area contributed by atoms with Crippen molar-refractivity contribution in [2.75, 3.05) is 26.7 Å². The molecule has 0 radical (unpaired) electrons. The number of hydrogen-bond acceptors (Lipinski definition) is 3. The van der Waals surface area contributed by atoms with Crippen molar-refractivity contribution >= 4 is 11.8 Å². The van der Waals surface area contributed by atoms with Gasteiger partial charge in [0.1, 0.15) is 11.6 Å². The van der Waals surface area contributed by atoms with Crippen LogP contribution in [0.4, 0.5) is 4.39 Å². The molecule has 1 aliphatic heterocycles. The van der Waals surface area contributed by atoms with Crippen LogP contribution in [0.15, 0.2) is 48.5 Å². The Morgan fingerprint density at radius 2 is 1.89 bits per heavy atom. The molecule has 1 heterocycles. The summed E-state index contributed by atoms with van der Waals surface area (Å²) >= 11 is 0. The minimum Gasteiger partial charge on any atom is -0.497 e. The highest BCUT2D eigenvalue weighted by atomic mass is 19.1. The molecular formula is C22H25FN2O3. The quantitative estimate of drug-likeness (QED) is 0.833. The van der Waals surface area contributed by atoms with Gasteiger partial charge in [-0.1, -0.05) is 24.3 Å². The Hall–Kier alpha value is -2.89. The van der Waals surface area contributed by atoms with Crippen LogP contribution in [-0.4, -0.2) is 43.5 Å². The summed E-state index contributed by atoms with van der Waals surface area (Å²) in [5, 5.41) is 2.64. The number of hydrogen-bond donors (Lipinski definition) is 1. The lowest BCUT2D eigenvalue weighted by molar-refractivity contribution is -0.133. The lowest BCUT2D eigenvalue weighted by Gasteiger charge is -2.32. The molecule has 0 atom stereocenters. The number of carbonyl (C=O) groups excluding carboxylic acids is 2. The van der Waals surface area contributed by atoms with Crippen LogP contribution in [0.2, 0.25) is 0 Å². The second-order valence-corrected chi connectivity index (χ2v) is 7.02. The highest BCUT2D eigenvalue weighted by Gasteiger charge is 2.24. The molecule has 1 fully saturated rings. The van der Waals surface area contributed by atoms with Crippen molar-refractivity contribution in [3.8, 4) is 5.75 Å². The Morgan fingerprint density at radius 1 is 1.14 bits per heavy atom. The van der Waals surface area contributed by atoms with E-state index < -0.39 is 0 Å². The Morgan fingerprint density at radius 3 is 2.61 bits per heavy atom. The fourth-order valence-corrected chi connectivity index (χ4v) is 3.54. The third-order valence-corrected chi connectivity index (χ3v) is 5.10. The Balaban J connectivity index is 1.44. The average molecular weight is 384 g/mol. The summed E-state index contributed by atoms with van der Waals surface area (Å²) in [6, 6.07) is 14.0. The van der Waals surface area contributed by atoms with E-state index in [0.717, 1.165) is 18.6 Å². The Bertz CT molecular complexity index is 832. The van der Waals surface area contributed by atoms with Crippen molar-refractivity contribution in [3.05, 3.63) is 65.5 Å². The number of ether oxygens (including phenoxy) is 1. The molecule has 0 aliphatic carbocycles. The molecule has 1 aliphatic rings. The lowest BCUT2D eigenvalue weighted by Crippen LogP contribution is -2.44. The molecule has 2 aromatic carbocycles. The van der Waals surface area contributed by atoms with Crippen LogP contribution in [0.3, 0.4) is 0 Å². The maximum absolute atomic E-state index is 13.2. The Labute approximate surface area is 164 Å². The van der Waals surface area contributed by atoms with Crippen molar-refractivity contribution < 1.29 is 18.7 Å². The summed E-state index contributed by atoms with van der Waals surface area (Å²) in [7, 11) is 1.66. The molecule has 3 rings (SSSR count). The second-order valence-electron chi connectivity index (χ2n) is 7.02. The van der Waals surface area contributed by atoms with E-state index in [1.165, 1.54) is 17.7 Å². The summed E-state index contributed by atoms with van der Waals surface area (Å²) < 4.78 is 18.5. The van der Waals surface area contributed by atoms with Gasteiger partial charge in [-0.2, -0.15) is 0 Å². The fraction of sp³-hybridized carbons (Fsp3) is 0.364. The number of nitrogens with one attached hydrogen (secondary N) is 1. The van der Waals surface area contributed by atoms with Gasteiger partial charge in [-0.25, -0.2) is 4.39 Å². The first-order valence-electron chi connectivity index (χ1n) is 9.48. The third-order valence-electron chi connectivity index (χ3n) is 5.10. The van der Waals surface area contributed by atoms with Gasteiger partial charge in [0.25, 0.3) is 0 Å². The van der Waals surface area contributed by atoms with Gasteiger partial charge in [-0.3, -0.25) is 9.59 Å². The number of nitrogens with zero attached hydrogens (tertiary/aromatic N) is 1. The molecule has 2 amide bonds. The number of benzene rings is 2. The molecule has 0 bridgehead atoms. The number of rotatable bonds is 6. The first-order chi connectivity index (χ1) is 13.5. The van der Waals surface area contributed by atoms with Crippen LogP contribution in [-0.2, 0) is 16.0 Å². The van der Waals surface area contributed by atoms with Gasteiger partial charge in [0.05, 0.1) is 20.1 Å². The molecule has 148 valence electrons. The van der Waals surface area contributed by atoms with Gasteiger partial charge >= 0.3 is 0 Å². The van der Waals surface area contributed by atoms with E-state index in [1.807, 2.05) is 12.1 Å². The van der Waals surface area contributed by atoms with Gasteiger partial charge in [0, 0.05) is 13.1 Å². The molecule has 1 saturated heterocycles. The van der Waals surface area contributed by atoms with Crippen LogP contribution < -0.4 is 10.1 Å². The molecular weight excluding hydrogens is 359 g/mol. The number of piperidine rings is 1. The van der Waals surface area contributed by atoms with E-state index >= 15 is 0 Å². The summed E-state index contributed by atoms with van der Waals surface area (Å²) in [5.41, 5.74) is 1.82. The topological polar surface area (TPSA) is 58.6 Å². The largest absolute Gasteiger partial charge is 0.497 e. The van der Waals surface area contributed by atoms with Crippen molar-refractivity contribution in [1.82, 2.24) is 10.2 Å². The zero-order valence-corrected chi connectivity index (χ0v) is 16.0. The molecule has 0 unspecified atom stereocenters. The van der Waals surface area contributed by atoms with E-state index in [2.05, 4.69) is 17.4 Å². The molecule has 1 N–H and O–H groups in total. The molecule has 6 heteroatoms. The van der Waals surface area contributed by atoms with Gasteiger partial charge in [0.15, 0.2) is 0 Å². The zero-order chi connectivity index (χ0) is 19.9. The molecule has 28 heavy (non-hydrogen) atoms. The standard InChI is InChI=1S/C22H25FN2O3/c1-28-20-7-3-5-18(14-20)17-8-10-25(11-9-17)22(27)15-24-21(26)13-16-4-2-6-19(23)12-16/h2-7,12,14,17H,8-11,13,15H2,1H3,(H,24,26). The molecule has 2 aromatic rings. The van der Waals surface area contributed by atoms with Gasteiger partial charge < -0.3 is 15.0 Å². The molecule has 0 aromatic heterocycles. The summed E-state index contributed by atoms with van der Waals surface area (Å²) in [6.07, 6.45) is 1.83. The number of amides is 2. The molecule has 0 saturated carbocycles. The normalized spacial score (nSPS) is 14.6. The summed E-state index contributed by atoms with van der Waals surface area (Å²) in [5.74, 6) is 0.501. The summed E-state index contributed by atoms with van der Waals surface area (Å²) in [6.45, 7) is 1.30.